The second-order valence-corrected chi connectivity index (χ2v) is 5.02. The van der Waals surface area contributed by atoms with Crippen LogP contribution in [0.1, 0.15) is 43.6 Å². The second kappa shape index (κ2) is 10.0. The fourth-order valence-electron chi connectivity index (χ4n) is 1.93. The van der Waals surface area contributed by atoms with Crippen LogP contribution in [0.15, 0.2) is 66.8 Å². The highest BCUT2D eigenvalue weighted by Crippen LogP contribution is 2.16. The van der Waals surface area contributed by atoms with E-state index >= 15 is 0 Å². The molecular weight excluding hydrogens is 319 g/mol. The molecule has 132 valence electrons. The van der Waals surface area contributed by atoms with Gasteiger partial charge in [-0.1, -0.05) is 38.1 Å². The van der Waals surface area contributed by atoms with Gasteiger partial charge in [0.05, 0.1) is 23.3 Å². The van der Waals surface area contributed by atoms with Crippen LogP contribution in [0.5, 0.6) is 0 Å². The summed E-state index contributed by atoms with van der Waals surface area (Å²) in [6.07, 6.45) is 10.1. The third-order valence-corrected chi connectivity index (χ3v) is 3.18. The van der Waals surface area contributed by atoms with E-state index in [2.05, 4.69) is 5.10 Å². The van der Waals surface area contributed by atoms with Crippen molar-refractivity contribution < 1.29 is 14.3 Å². The second-order valence-electron chi connectivity index (χ2n) is 5.02. The Kier molecular flexibility index (Phi) is 8.06. The predicted octanol–water partition coefficient (Wildman–Crippen LogP) is 5.43. The van der Waals surface area contributed by atoms with E-state index in [-0.39, 0.29) is 11.4 Å². The average Bonchev–Trinajstić information content (AvgIpc) is 3.10. The smallest absolute Gasteiger partial charge is 0.335 e. The van der Waals surface area contributed by atoms with E-state index in [9.17, 15) is 9.18 Å². The number of aromatic nitrogens is 2. The number of aromatic carboxylic acids is 1. The summed E-state index contributed by atoms with van der Waals surface area (Å²) >= 11 is 0. The van der Waals surface area contributed by atoms with Crippen molar-refractivity contribution in [2.45, 2.75) is 27.7 Å². The zero-order valence-electron chi connectivity index (χ0n) is 14.9. The van der Waals surface area contributed by atoms with E-state index in [1.807, 2.05) is 33.0 Å². The molecule has 5 heteroatoms. The lowest BCUT2D eigenvalue weighted by Gasteiger charge is -2.02. The van der Waals surface area contributed by atoms with E-state index in [4.69, 9.17) is 5.11 Å². The minimum absolute atomic E-state index is 0.211. The number of carboxylic acid groups (broad SMARTS) is 1. The predicted molar refractivity (Wildman–Crippen MR) is 99.5 cm³/mol. The van der Waals surface area contributed by atoms with Gasteiger partial charge in [-0.15, -0.1) is 0 Å². The SMILES string of the molecule is CC.C\C(F)=C/C=C\C=C(/C)c1cnn(-c2cccc(C(=O)O)c2)c1. The van der Waals surface area contributed by atoms with Gasteiger partial charge in [-0.25, -0.2) is 13.9 Å². The lowest BCUT2D eigenvalue weighted by molar-refractivity contribution is 0.0697. The molecule has 0 aliphatic rings. The zero-order chi connectivity index (χ0) is 18.8. The fraction of sp³-hybridized carbons (Fsp3) is 0.200. The average molecular weight is 342 g/mol. The highest BCUT2D eigenvalue weighted by Gasteiger charge is 2.06. The molecule has 0 saturated carbocycles. The molecule has 25 heavy (non-hydrogen) atoms. The van der Waals surface area contributed by atoms with Crippen LogP contribution in [0, 0.1) is 0 Å². The normalized spacial score (nSPS) is 12.0. The molecule has 1 aromatic carbocycles. The Bertz CT molecular complexity index is 798. The van der Waals surface area contributed by atoms with Crippen molar-refractivity contribution >= 4 is 11.5 Å². The number of nitrogens with zero attached hydrogens (tertiary/aromatic N) is 2. The maximum absolute atomic E-state index is 12.6. The standard InChI is InChI=1S/C18H17FN2O2.C2H6/c1-13(6-3-4-7-14(2)19)16-11-20-21(12-16)17-9-5-8-15(10-17)18(22)23;1-2/h3-12H,1-2H3,(H,22,23);1-2H3/b4-3-,13-6+,14-7+;. The van der Waals surface area contributed by atoms with Gasteiger partial charge in [0, 0.05) is 11.8 Å². The fourth-order valence-corrected chi connectivity index (χ4v) is 1.93. The molecule has 0 aliphatic heterocycles. The number of carboxylic acids is 1. The summed E-state index contributed by atoms with van der Waals surface area (Å²) in [5.74, 6) is -1.23. The van der Waals surface area contributed by atoms with Crippen LogP contribution in [-0.2, 0) is 0 Å². The van der Waals surface area contributed by atoms with Crippen LogP contribution in [0.25, 0.3) is 11.3 Å². The van der Waals surface area contributed by atoms with Gasteiger partial charge < -0.3 is 5.11 Å². The Morgan fingerprint density at radius 2 is 1.84 bits per heavy atom. The molecule has 0 radical (unpaired) electrons. The number of carbonyl (C=O) groups is 1. The number of benzene rings is 1. The van der Waals surface area contributed by atoms with Gasteiger partial charge in [0.1, 0.15) is 0 Å². The lowest BCUT2D eigenvalue weighted by Crippen LogP contribution is -1.99. The third-order valence-electron chi connectivity index (χ3n) is 3.18. The minimum Gasteiger partial charge on any atom is -0.478 e. The van der Waals surface area contributed by atoms with Gasteiger partial charge in [0.25, 0.3) is 0 Å². The Morgan fingerprint density at radius 3 is 2.48 bits per heavy atom. The molecule has 0 unspecified atom stereocenters. The van der Waals surface area contributed by atoms with Gasteiger partial charge >= 0.3 is 5.97 Å². The van der Waals surface area contributed by atoms with E-state index in [0.29, 0.717) is 5.69 Å². The third kappa shape index (κ3) is 6.22. The number of halogens is 1. The summed E-state index contributed by atoms with van der Waals surface area (Å²) in [5.41, 5.74) is 2.75. The van der Waals surface area contributed by atoms with E-state index in [1.54, 1.807) is 41.2 Å². The minimum atomic E-state index is -0.975. The van der Waals surface area contributed by atoms with Crippen molar-refractivity contribution in [2.24, 2.45) is 0 Å². The van der Waals surface area contributed by atoms with Crippen LogP contribution < -0.4 is 0 Å². The van der Waals surface area contributed by atoms with Gasteiger partial charge in [-0.05, 0) is 43.7 Å². The van der Waals surface area contributed by atoms with Crippen LogP contribution in [0.3, 0.4) is 0 Å². The van der Waals surface area contributed by atoms with E-state index in [1.165, 1.54) is 19.1 Å². The highest BCUT2D eigenvalue weighted by atomic mass is 19.1. The first kappa shape index (κ1) is 20.1. The lowest BCUT2D eigenvalue weighted by atomic mass is 10.1. The van der Waals surface area contributed by atoms with Crippen LogP contribution >= 0.6 is 0 Å². The van der Waals surface area contributed by atoms with Gasteiger partial charge in [-0.2, -0.15) is 5.10 Å². The van der Waals surface area contributed by atoms with Crippen LogP contribution in [0.2, 0.25) is 0 Å². The van der Waals surface area contributed by atoms with Crippen molar-refractivity contribution in [3.8, 4) is 5.69 Å². The Morgan fingerprint density at radius 1 is 1.16 bits per heavy atom. The van der Waals surface area contributed by atoms with Crippen LogP contribution in [0.4, 0.5) is 4.39 Å². The van der Waals surface area contributed by atoms with Crippen molar-refractivity contribution in [1.29, 1.82) is 0 Å². The maximum Gasteiger partial charge on any atom is 0.335 e. The van der Waals surface area contributed by atoms with Crippen molar-refractivity contribution in [2.75, 3.05) is 0 Å². The van der Waals surface area contributed by atoms with E-state index < -0.39 is 5.97 Å². The molecule has 0 amide bonds. The summed E-state index contributed by atoms with van der Waals surface area (Å²) in [7, 11) is 0. The summed E-state index contributed by atoms with van der Waals surface area (Å²) in [5, 5.41) is 13.3. The molecule has 0 bridgehead atoms. The topological polar surface area (TPSA) is 55.1 Å². The quantitative estimate of drug-likeness (QED) is 0.737. The summed E-state index contributed by atoms with van der Waals surface area (Å²) in [6.45, 7) is 7.31. The molecule has 2 aromatic rings. The molecule has 0 spiro atoms. The molecular formula is C20H23FN2O2. The highest BCUT2D eigenvalue weighted by molar-refractivity contribution is 5.88. The van der Waals surface area contributed by atoms with Crippen molar-refractivity contribution in [3.05, 3.63) is 77.9 Å². The Hall–Kier alpha value is -2.95. The number of hydrogen-bond donors (Lipinski definition) is 1. The first-order chi connectivity index (χ1) is 12.0. The summed E-state index contributed by atoms with van der Waals surface area (Å²) in [6, 6.07) is 6.56. The molecule has 0 atom stereocenters. The van der Waals surface area contributed by atoms with Gasteiger partial charge in [-0.3, -0.25) is 0 Å². The number of hydrogen-bond acceptors (Lipinski definition) is 2. The molecule has 0 fully saturated rings. The first-order valence-corrected chi connectivity index (χ1v) is 8.03. The zero-order valence-corrected chi connectivity index (χ0v) is 14.9. The molecule has 0 saturated heterocycles. The molecule has 4 nitrogen and oxygen atoms in total. The van der Waals surface area contributed by atoms with Crippen molar-refractivity contribution in [3.63, 3.8) is 0 Å². The van der Waals surface area contributed by atoms with Crippen molar-refractivity contribution in [1.82, 2.24) is 9.78 Å². The molecule has 1 N–H and O–H groups in total. The molecule has 2 rings (SSSR count). The number of allylic oxidation sites excluding steroid dienone is 6. The Labute approximate surface area is 147 Å². The summed E-state index contributed by atoms with van der Waals surface area (Å²) in [4.78, 5) is 11.0. The first-order valence-electron chi connectivity index (χ1n) is 8.03. The number of rotatable bonds is 5. The van der Waals surface area contributed by atoms with Gasteiger partial charge in [0.15, 0.2) is 0 Å². The molecule has 1 heterocycles. The van der Waals surface area contributed by atoms with E-state index in [0.717, 1.165) is 11.1 Å². The molecule has 0 aliphatic carbocycles. The van der Waals surface area contributed by atoms with Gasteiger partial charge in [0.2, 0.25) is 0 Å². The molecule has 1 aromatic heterocycles. The Balaban J connectivity index is 0.00000151. The summed E-state index contributed by atoms with van der Waals surface area (Å²) < 4.78 is 14.2. The monoisotopic (exact) mass is 342 g/mol. The largest absolute Gasteiger partial charge is 0.478 e. The van der Waals surface area contributed by atoms with Crippen LogP contribution in [-0.4, -0.2) is 20.9 Å². The maximum atomic E-state index is 12.6.